The molecule has 0 fully saturated rings. The van der Waals surface area contributed by atoms with Crippen molar-refractivity contribution in [2.45, 2.75) is 6.54 Å². The van der Waals surface area contributed by atoms with Crippen LogP contribution in [0.15, 0.2) is 45.9 Å². The zero-order chi connectivity index (χ0) is 12.5. The second kappa shape index (κ2) is 3.99. The number of para-hydroxylation sites is 1. The van der Waals surface area contributed by atoms with Crippen LogP contribution in [0.1, 0.15) is 5.89 Å². The van der Waals surface area contributed by atoms with Crippen molar-refractivity contribution in [2.75, 3.05) is 5.73 Å². The predicted molar refractivity (Wildman–Crippen MR) is 66.0 cm³/mol. The largest absolute Gasteiger partial charge is 0.439 e. The van der Waals surface area contributed by atoms with Crippen LogP contribution < -0.4 is 11.4 Å². The molecule has 18 heavy (non-hydrogen) atoms. The van der Waals surface area contributed by atoms with E-state index in [9.17, 15) is 4.79 Å². The van der Waals surface area contributed by atoms with E-state index in [0.717, 1.165) is 0 Å². The molecule has 0 aliphatic rings. The van der Waals surface area contributed by atoms with Gasteiger partial charge in [0.1, 0.15) is 12.1 Å². The number of hydrogen-bond acceptors (Lipinski definition) is 5. The van der Waals surface area contributed by atoms with Gasteiger partial charge in [-0.2, -0.15) is 0 Å². The fraction of sp³-hybridized carbons (Fsp3) is 0.0833. The average Bonchev–Trinajstić information content (AvgIpc) is 2.76. The minimum Gasteiger partial charge on any atom is -0.439 e. The third kappa shape index (κ3) is 1.73. The lowest BCUT2D eigenvalue weighted by molar-refractivity contribution is 0.501. The van der Waals surface area contributed by atoms with Gasteiger partial charge in [0.15, 0.2) is 5.58 Å². The number of aromatic nitrogens is 3. The number of oxazole rings is 1. The molecule has 0 amide bonds. The molecule has 3 rings (SSSR count). The lowest BCUT2D eigenvalue weighted by Crippen LogP contribution is -2.21. The molecule has 0 unspecified atom stereocenters. The van der Waals surface area contributed by atoms with Gasteiger partial charge < -0.3 is 10.2 Å². The second-order valence-electron chi connectivity index (χ2n) is 3.83. The molecule has 3 aromatic rings. The first kappa shape index (κ1) is 10.5. The zero-order valence-electron chi connectivity index (χ0n) is 9.41. The maximum Gasteiger partial charge on any atom is 0.347 e. The number of fused-ring (bicyclic) bond motifs is 1. The SMILES string of the molecule is Nc1cccc2oc(Cn3cccnc3=O)nc12. The molecular formula is C12H10N4O2. The van der Waals surface area contributed by atoms with Crippen LogP contribution in [0.4, 0.5) is 5.69 Å². The monoisotopic (exact) mass is 242 g/mol. The lowest BCUT2D eigenvalue weighted by Gasteiger charge is -1.98. The van der Waals surface area contributed by atoms with E-state index in [1.165, 1.54) is 10.8 Å². The van der Waals surface area contributed by atoms with E-state index in [0.29, 0.717) is 22.7 Å². The van der Waals surface area contributed by atoms with Crippen LogP contribution in [-0.2, 0) is 6.54 Å². The molecule has 0 bridgehead atoms. The van der Waals surface area contributed by atoms with Crippen LogP contribution in [0.25, 0.3) is 11.1 Å². The Labute approximate surface area is 102 Å². The quantitative estimate of drug-likeness (QED) is 0.678. The summed E-state index contributed by atoms with van der Waals surface area (Å²) >= 11 is 0. The lowest BCUT2D eigenvalue weighted by atomic mass is 10.3. The van der Waals surface area contributed by atoms with Gasteiger partial charge >= 0.3 is 5.69 Å². The number of hydrogen-bond donors (Lipinski definition) is 1. The van der Waals surface area contributed by atoms with Gasteiger partial charge in [-0.25, -0.2) is 14.8 Å². The summed E-state index contributed by atoms with van der Waals surface area (Å²) in [5.41, 5.74) is 7.23. The van der Waals surface area contributed by atoms with E-state index >= 15 is 0 Å². The van der Waals surface area contributed by atoms with E-state index in [2.05, 4.69) is 9.97 Å². The van der Waals surface area contributed by atoms with Gasteiger partial charge in [0.2, 0.25) is 5.89 Å². The maximum atomic E-state index is 11.5. The Hall–Kier alpha value is -2.63. The van der Waals surface area contributed by atoms with Crippen molar-refractivity contribution in [1.82, 2.24) is 14.5 Å². The van der Waals surface area contributed by atoms with Crippen LogP contribution >= 0.6 is 0 Å². The molecule has 0 aliphatic heterocycles. The summed E-state index contributed by atoms with van der Waals surface area (Å²) in [5, 5.41) is 0. The van der Waals surface area contributed by atoms with Crippen molar-refractivity contribution in [3.8, 4) is 0 Å². The van der Waals surface area contributed by atoms with Gasteiger partial charge in [0, 0.05) is 12.4 Å². The van der Waals surface area contributed by atoms with Crippen LogP contribution in [0.5, 0.6) is 0 Å². The smallest absolute Gasteiger partial charge is 0.347 e. The van der Waals surface area contributed by atoms with Crippen LogP contribution in [0.2, 0.25) is 0 Å². The van der Waals surface area contributed by atoms with Crippen molar-refractivity contribution in [1.29, 1.82) is 0 Å². The number of nitrogens with two attached hydrogens (primary N) is 1. The van der Waals surface area contributed by atoms with Gasteiger partial charge in [-0.3, -0.25) is 4.57 Å². The standard InChI is InChI=1S/C12H10N4O2/c13-8-3-1-4-9-11(8)15-10(18-9)7-16-6-2-5-14-12(16)17/h1-6H,7,13H2. The number of rotatable bonds is 2. The van der Waals surface area contributed by atoms with E-state index in [4.69, 9.17) is 10.2 Å². The fourth-order valence-corrected chi connectivity index (χ4v) is 1.74. The summed E-state index contributed by atoms with van der Waals surface area (Å²) in [6.45, 7) is 0.237. The molecule has 2 heterocycles. The molecule has 0 saturated heterocycles. The van der Waals surface area contributed by atoms with Crippen LogP contribution in [0.3, 0.4) is 0 Å². The Balaban J connectivity index is 2.04. The van der Waals surface area contributed by atoms with Crippen molar-refractivity contribution in [2.24, 2.45) is 0 Å². The van der Waals surface area contributed by atoms with Crippen LogP contribution in [0, 0.1) is 0 Å². The first-order chi connectivity index (χ1) is 8.74. The molecule has 1 aromatic carbocycles. The topological polar surface area (TPSA) is 86.9 Å². The minimum atomic E-state index is -0.340. The first-order valence-electron chi connectivity index (χ1n) is 5.39. The van der Waals surface area contributed by atoms with E-state index in [1.54, 1.807) is 30.5 Å². The summed E-state index contributed by atoms with van der Waals surface area (Å²) in [4.78, 5) is 19.4. The first-order valence-corrected chi connectivity index (χ1v) is 5.39. The zero-order valence-corrected chi connectivity index (χ0v) is 9.41. The van der Waals surface area contributed by atoms with E-state index in [-0.39, 0.29) is 12.2 Å². The Kier molecular flexibility index (Phi) is 2.33. The number of nitrogens with zero attached hydrogens (tertiary/aromatic N) is 3. The molecule has 0 spiro atoms. The molecule has 0 saturated carbocycles. The van der Waals surface area contributed by atoms with Gasteiger partial charge in [-0.1, -0.05) is 6.07 Å². The predicted octanol–water partition coefficient (Wildman–Crippen LogP) is 1.02. The Morgan fingerprint density at radius 1 is 1.33 bits per heavy atom. The number of benzene rings is 1. The highest BCUT2D eigenvalue weighted by Gasteiger charge is 2.09. The molecule has 0 aliphatic carbocycles. The highest BCUT2D eigenvalue weighted by Crippen LogP contribution is 2.21. The minimum absolute atomic E-state index is 0.237. The molecule has 0 atom stereocenters. The molecular weight excluding hydrogens is 232 g/mol. The molecule has 2 aromatic heterocycles. The number of anilines is 1. The normalized spacial score (nSPS) is 10.9. The van der Waals surface area contributed by atoms with Gasteiger partial charge in [0.25, 0.3) is 0 Å². The summed E-state index contributed by atoms with van der Waals surface area (Å²) in [7, 11) is 0. The van der Waals surface area contributed by atoms with Crippen molar-refractivity contribution < 1.29 is 4.42 Å². The summed E-state index contributed by atoms with van der Waals surface area (Å²) < 4.78 is 6.95. The summed E-state index contributed by atoms with van der Waals surface area (Å²) in [6.07, 6.45) is 3.08. The highest BCUT2D eigenvalue weighted by molar-refractivity contribution is 5.85. The Morgan fingerprint density at radius 2 is 2.22 bits per heavy atom. The third-order valence-corrected chi connectivity index (χ3v) is 2.58. The summed E-state index contributed by atoms with van der Waals surface area (Å²) in [6, 6.07) is 7.01. The van der Waals surface area contributed by atoms with Crippen LogP contribution in [-0.4, -0.2) is 14.5 Å². The molecule has 6 heteroatoms. The van der Waals surface area contributed by atoms with Crippen molar-refractivity contribution in [3.05, 3.63) is 53.0 Å². The number of nitrogen functional groups attached to an aromatic ring is 1. The van der Waals surface area contributed by atoms with E-state index < -0.39 is 0 Å². The third-order valence-electron chi connectivity index (χ3n) is 2.58. The molecule has 90 valence electrons. The van der Waals surface area contributed by atoms with Gasteiger partial charge in [-0.15, -0.1) is 0 Å². The molecule has 6 nitrogen and oxygen atoms in total. The van der Waals surface area contributed by atoms with Gasteiger partial charge in [0.05, 0.1) is 5.69 Å². The molecule has 0 radical (unpaired) electrons. The maximum absolute atomic E-state index is 11.5. The van der Waals surface area contributed by atoms with Gasteiger partial charge in [-0.05, 0) is 18.2 Å². The Bertz CT molecular complexity index is 760. The second-order valence-corrected chi connectivity index (χ2v) is 3.83. The summed E-state index contributed by atoms with van der Waals surface area (Å²) in [5.74, 6) is 0.429. The molecule has 2 N–H and O–H groups in total. The van der Waals surface area contributed by atoms with E-state index in [1.807, 2.05) is 0 Å². The fourth-order valence-electron chi connectivity index (χ4n) is 1.74. The van der Waals surface area contributed by atoms with Crippen molar-refractivity contribution >= 4 is 16.8 Å². The van der Waals surface area contributed by atoms with Crippen molar-refractivity contribution in [3.63, 3.8) is 0 Å². The Morgan fingerprint density at radius 3 is 3.00 bits per heavy atom. The average molecular weight is 242 g/mol. The highest BCUT2D eigenvalue weighted by atomic mass is 16.3.